The van der Waals surface area contributed by atoms with Gasteiger partial charge in [-0.05, 0) is 29.9 Å². The Balaban J connectivity index is 1.65. The summed E-state index contributed by atoms with van der Waals surface area (Å²) >= 11 is 0. The summed E-state index contributed by atoms with van der Waals surface area (Å²) in [6.07, 6.45) is 5.75. The van der Waals surface area contributed by atoms with Crippen molar-refractivity contribution in [1.82, 2.24) is 10.2 Å². The number of benzene rings is 1. The van der Waals surface area contributed by atoms with Crippen LogP contribution in [-0.4, -0.2) is 57.0 Å². The predicted octanol–water partition coefficient (Wildman–Crippen LogP) is 2.34. The zero-order valence-corrected chi connectivity index (χ0v) is 15.9. The van der Waals surface area contributed by atoms with Crippen LogP contribution in [0.2, 0.25) is 0 Å². The zero-order valence-electron chi connectivity index (χ0n) is 15.1. The lowest BCUT2D eigenvalue weighted by atomic mass is 10.00. The average Bonchev–Trinajstić information content (AvgIpc) is 3.02. The molecule has 1 saturated heterocycles. The Kier molecular flexibility index (Phi) is 6.14. The molecule has 26 heavy (non-hydrogen) atoms. The third kappa shape index (κ3) is 4.97. The number of guanidine groups is 1. The van der Waals surface area contributed by atoms with Gasteiger partial charge in [0.15, 0.2) is 15.8 Å². The van der Waals surface area contributed by atoms with Gasteiger partial charge in [-0.3, -0.25) is 4.99 Å². The van der Waals surface area contributed by atoms with Crippen LogP contribution in [0, 0.1) is 5.92 Å². The Morgan fingerprint density at radius 2 is 2.15 bits per heavy atom. The third-order valence-corrected chi connectivity index (χ3v) is 6.72. The Morgan fingerprint density at radius 3 is 2.77 bits per heavy atom. The van der Waals surface area contributed by atoms with Crippen LogP contribution in [-0.2, 0) is 9.84 Å². The first kappa shape index (κ1) is 18.7. The summed E-state index contributed by atoms with van der Waals surface area (Å²) in [6.45, 7) is 6.66. The largest absolute Gasteiger partial charge is 0.353 e. The van der Waals surface area contributed by atoms with E-state index in [0.717, 1.165) is 31.9 Å². The highest BCUT2D eigenvalue weighted by Gasteiger charge is 2.28. The van der Waals surface area contributed by atoms with Gasteiger partial charge in [0.2, 0.25) is 0 Å². The van der Waals surface area contributed by atoms with Gasteiger partial charge in [-0.2, -0.15) is 0 Å². The van der Waals surface area contributed by atoms with Crippen LogP contribution in [0.5, 0.6) is 0 Å². The van der Waals surface area contributed by atoms with Crippen molar-refractivity contribution in [3.63, 3.8) is 0 Å². The van der Waals surface area contributed by atoms with Crippen molar-refractivity contribution in [2.45, 2.75) is 12.8 Å². The summed E-state index contributed by atoms with van der Waals surface area (Å²) in [5.74, 6) is 1.55. The molecular weight excluding hydrogens is 346 g/mol. The molecule has 2 aliphatic rings. The molecule has 1 unspecified atom stereocenters. The molecule has 1 aromatic carbocycles. The van der Waals surface area contributed by atoms with Crippen molar-refractivity contribution in [3.8, 4) is 0 Å². The van der Waals surface area contributed by atoms with Crippen molar-refractivity contribution < 1.29 is 8.42 Å². The topological polar surface area (TPSA) is 61.8 Å². The van der Waals surface area contributed by atoms with Crippen molar-refractivity contribution >= 4 is 21.4 Å². The van der Waals surface area contributed by atoms with Crippen LogP contribution < -0.4 is 5.32 Å². The first-order valence-electron chi connectivity index (χ1n) is 9.16. The lowest BCUT2D eigenvalue weighted by Crippen LogP contribution is -2.44. The minimum atomic E-state index is -2.85. The van der Waals surface area contributed by atoms with E-state index in [9.17, 15) is 8.42 Å². The minimum absolute atomic E-state index is 0.140. The number of sulfone groups is 1. The molecule has 2 heterocycles. The molecule has 0 radical (unpaired) electrons. The summed E-state index contributed by atoms with van der Waals surface area (Å²) in [5, 5.41) is 3.32. The molecule has 0 amide bonds. The highest BCUT2D eigenvalue weighted by Crippen LogP contribution is 2.22. The van der Waals surface area contributed by atoms with E-state index < -0.39 is 9.84 Å². The normalized spacial score (nSPS) is 22.8. The second-order valence-corrected chi connectivity index (χ2v) is 9.12. The van der Waals surface area contributed by atoms with Gasteiger partial charge >= 0.3 is 0 Å². The minimum Gasteiger partial charge on any atom is -0.353 e. The SMILES string of the molecule is C=CCNC(=NCC1CCS(=O)(=O)C1)N1CC=C(c2ccccc2)CC1. The van der Waals surface area contributed by atoms with Crippen LogP contribution in [0.1, 0.15) is 18.4 Å². The monoisotopic (exact) mass is 373 g/mol. The van der Waals surface area contributed by atoms with Crippen molar-refractivity contribution in [3.05, 3.63) is 54.6 Å². The molecule has 0 saturated carbocycles. The van der Waals surface area contributed by atoms with Gasteiger partial charge in [0.25, 0.3) is 0 Å². The average molecular weight is 374 g/mol. The van der Waals surface area contributed by atoms with E-state index in [-0.39, 0.29) is 11.7 Å². The van der Waals surface area contributed by atoms with Gasteiger partial charge in [-0.15, -0.1) is 6.58 Å². The standard InChI is InChI=1S/C20H27N3O2S/c1-2-11-21-20(22-15-17-10-14-26(24,25)16-17)23-12-8-19(9-13-23)18-6-4-3-5-7-18/h2-8,17H,1,9-16H2,(H,21,22). The zero-order chi connectivity index (χ0) is 18.4. The first-order chi connectivity index (χ1) is 12.6. The van der Waals surface area contributed by atoms with Gasteiger partial charge in [0.1, 0.15) is 0 Å². The van der Waals surface area contributed by atoms with E-state index in [2.05, 4.69) is 47.1 Å². The maximum Gasteiger partial charge on any atom is 0.194 e. The number of nitrogens with one attached hydrogen (secondary N) is 1. The fraction of sp³-hybridized carbons (Fsp3) is 0.450. The molecule has 140 valence electrons. The lowest BCUT2D eigenvalue weighted by Gasteiger charge is -2.30. The third-order valence-electron chi connectivity index (χ3n) is 4.88. The fourth-order valence-corrected chi connectivity index (χ4v) is 5.29. The van der Waals surface area contributed by atoms with Gasteiger partial charge in [0, 0.05) is 26.2 Å². The van der Waals surface area contributed by atoms with E-state index in [1.165, 1.54) is 11.1 Å². The predicted molar refractivity (Wildman–Crippen MR) is 108 cm³/mol. The van der Waals surface area contributed by atoms with Crippen LogP contribution in [0.4, 0.5) is 0 Å². The summed E-state index contributed by atoms with van der Waals surface area (Å²) in [6, 6.07) is 10.5. The number of nitrogens with zero attached hydrogens (tertiary/aromatic N) is 2. The molecule has 2 aliphatic heterocycles. The van der Waals surface area contributed by atoms with Crippen molar-refractivity contribution in [2.75, 3.05) is 37.7 Å². The number of hydrogen-bond acceptors (Lipinski definition) is 3. The molecule has 1 N–H and O–H groups in total. The Morgan fingerprint density at radius 1 is 1.35 bits per heavy atom. The maximum absolute atomic E-state index is 11.6. The Hall–Kier alpha value is -2.08. The summed E-state index contributed by atoms with van der Waals surface area (Å²) in [7, 11) is -2.85. The van der Waals surface area contributed by atoms with Crippen LogP contribution >= 0.6 is 0 Å². The molecule has 3 rings (SSSR count). The maximum atomic E-state index is 11.6. The number of hydrogen-bond donors (Lipinski definition) is 1. The molecule has 1 atom stereocenters. The number of aliphatic imine (C=N–C) groups is 1. The second kappa shape index (κ2) is 8.54. The molecular formula is C20H27N3O2S. The van der Waals surface area contributed by atoms with Crippen LogP contribution in [0.3, 0.4) is 0 Å². The van der Waals surface area contributed by atoms with Crippen molar-refractivity contribution in [2.24, 2.45) is 10.9 Å². The van der Waals surface area contributed by atoms with E-state index >= 15 is 0 Å². The van der Waals surface area contributed by atoms with Crippen LogP contribution in [0.15, 0.2) is 54.1 Å². The molecule has 0 aliphatic carbocycles. The van der Waals surface area contributed by atoms with Gasteiger partial charge in [-0.25, -0.2) is 8.42 Å². The lowest BCUT2D eigenvalue weighted by molar-refractivity contribution is 0.438. The molecule has 0 spiro atoms. The van der Waals surface area contributed by atoms with E-state index in [4.69, 9.17) is 4.99 Å². The Labute approximate surface area is 156 Å². The van der Waals surface area contributed by atoms with Gasteiger partial charge in [-0.1, -0.05) is 42.5 Å². The smallest absolute Gasteiger partial charge is 0.194 e. The summed E-state index contributed by atoms with van der Waals surface area (Å²) < 4.78 is 23.3. The molecule has 0 bridgehead atoms. The second-order valence-electron chi connectivity index (χ2n) is 6.89. The number of rotatable bonds is 5. The first-order valence-corrected chi connectivity index (χ1v) is 11.0. The van der Waals surface area contributed by atoms with Crippen LogP contribution in [0.25, 0.3) is 5.57 Å². The van der Waals surface area contributed by atoms with Gasteiger partial charge in [0.05, 0.1) is 11.5 Å². The van der Waals surface area contributed by atoms with Gasteiger partial charge < -0.3 is 10.2 Å². The molecule has 6 heteroatoms. The quantitative estimate of drug-likeness (QED) is 0.489. The highest BCUT2D eigenvalue weighted by atomic mass is 32.2. The summed E-state index contributed by atoms with van der Waals surface area (Å²) in [4.78, 5) is 6.94. The molecule has 1 aromatic rings. The Bertz CT molecular complexity index is 785. The van der Waals surface area contributed by atoms with E-state index in [1.54, 1.807) is 0 Å². The molecule has 0 aromatic heterocycles. The van der Waals surface area contributed by atoms with Crippen molar-refractivity contribution in [1.29, 1.82) is 0 Å². The van der Waals surface area contributed by atoms with E-state index in [0.29, 0.717) is 18.8 Å². The fourth-order valence-electron chi connectivity index (χ4n) is 3.44. The highest BCUT2D eigenvalue weighted by molar-refractivity contribution is 7.91. The molecule has 5 nitrogen and oxygen atoms in total. The molecule has 1 fully saturated rings. The van der Waals surface area contributed by atoms with E-state index in [1.807, 2.05) is 12.1 Å². The summed E-state index contributed by atoms with van der Waals surface area (Å²) in [5.41, 5.74) is 2.65.